The third-order valence-corrected chi connectivity index (χ3v) is 5.44. The van der Waals surface area contributed by atoms with Crippen molar-refractivity contribution in [2.75, 3.05) is 13.7 Å². The zero-order valence-corrected chi connectivity index (χ0v) is 18.5. The van der Waals surface area contributed by atoms with Gasteiger partial charge in [-0.25, -0.2) is 4.98 Å². The molecule has 0 fully saturated rings. The number of carbonyl (C=O) groups is 1. The third kappa shape index (κ3) is 5.03. The molecule has 32 heavy (non-hydrogen) atoms. The van der Waals surface area contributed by atoms with Crippen LogP contribution in [0.4, 0.5) is 0 Å². The van der Waals surface area contributed by atoms with E-state index in [0.717, 1.165) is 34.8 Å². The molecule has 1 heterocycles. The second kappa shape index (κ2) is 10.2. The Hall–Kier alpha value is -3.51. The van der Waals surface area contributed by atoms with E-state index in [1.807, 2.05) is 48.5 Å². The van der Waals surface area contributed by atoms with Gasteiger partial charge in [-0.1, -0.05) is 35.9 Å². The average Bonchev–Trinajstić information content (AvgIpc) is 3.18. The second-order valence-electron chi connectivity index (χ2n) is 7.21. The highest BCUT2D eigenvalue weighted by Crippen LogP contribution is 2.19. The fraction of sp³-hybridized carbons (Fsp3) is 0.200. The molecule has 4 aromatic rings. The third-order valence-electron chi connectivity index (χ3n) is 5.11. The summed E-state index contributed by atoms with van der Waals surface area (Å²) in [7, 11) is 1.64. The largest absolute Gasteiger partial charge is 0.497 e. The second-order valence-corrected chi connectivity index (χ2v) is 7.62. The number of ether oxygens (including phenoxy) is 2. The number of imidazole rings is 1. The lowest BCUT2D eigenvalue weighted by atomic mass is 10.2. The number of carbonyl (C=O) groups excluding carboxylic acids is 1. The Morgan fingerprint density at radius 2 is 1.72 bits per heavy atom. The molecule has 0 spiro atoms. The van der Waals surface area contributed by atoms with Crippen molar-refractivity contribution in [1.29, 1.82) is 0 Å². The van der Waals surface area contributed by atoms with Crippen molar-refractivity contribution in [2.45, 2.75) is 19.5 Å². The summed E-state index contributed by atoms with van der Waals surface area (Å²) in [4.78, 5) is 17.3. The summed E-state index contributed by atoms with van der Waals surface area (Å²) in [6.45, 7) is 1.58. The van der Waals surface area contributed by atoms with Gasteiger partial charge in [0.25, 0.3) is 5.91 Å². The molecule has 0 atom stereocenters. The minimum absolute atomic E-state index is 0.225. The van der Waals surface area contributed by atoms with Crippen LogP contribution in [0.2, 0.25) is 5.02 Å². The number of para-hydroxylation sites is 2. The lowest BCUT2D eigenvalue weighted by Crippen LogP contribution is -2.25. The number of fused-ring (bicyclic) bond motifs is 1. The number of halogens is 1. The molecular weight excluding hydrogens is 426 g/mol. The lowest BCUT2D eigenvalue weighted by molar-refractivity contribution is 0.0949. The number of hydrogen-bond acceptors (Lipinski definition) is 4. The molecule has 1 N–H and O–H groups in total. The first-order chi connectivity index (χ1) is 15.7. The van der Waals surface area contributed by atoms with Gasteiger partial charge in [-0.2, -0.15) is 0 Å². The Bertz CT molecular complexity index is 1200. The van der Waals surface area contributed by atoms with Crippen LogP contribution in [0.1, 0.15) is 22.6 Å². The monoisotopic (exact) mass is 449 g/mol. The van der Waals surface area contributed by atoms with Gasteiger partial charge in [-0.05, 0) is 55.0 Å². The first-order valence-corrected chi connectivity index (χ1v) is 10.8. The van der Waals surface area contributed by atoms with Crippen molar-refractivity contribution in [3.05, 3.63) is 89.2 Å². The van der Waals surface area contributed by atoms with Crippen LogP contribution in [-0.2, 0) is 13.1 Å². The minimum Gasteiger partial charge on any atom is -0.497 e. The Labute approximate surface area is 191 Å². The van der Waals surface area contributed by atoms with Crippen molar-refractivity contribution < 1.29 is 14.3 Å². The molecule has 0 radical (unpaired) electrons. The number of nitrogens with one attached hydrogen (secondary N) is 1. The summed E-state index contributed by atoms with van der Waals surface area (Å²) < 4.78 is 13.1. The smallest absolute Gasteiger partial charge is 0.253 e. The van der Waals surface area contributed by atoms with Gasteiger partial charge in [0.1, 0.15) is 17.3 Å². The Balaban J connectivity index is 1.41. The maximum absolute atomic E-state index is 12.6. The van der Waals surface area contributed by atoms with Crippen LogP contribution in [0.5, 0.6) is 11.5 Å². The fourth-order valence-corrected chi connectivity index (χ4v) is 3.72. The summed E-state index contributed by atoms with van der Waals surface area (Å²) in [6, 6.07) is 22.5. The van der Waals surface area contributed by atoms with Crippen molar-refractivity contribution >= 4 is 28.5 Å². The number of rotatable bonds is 9. The van der Waals surface area contributed by atoms with E-state index in [1.165, 1.54) is 0 Å². The first kappa shape index (κ1) is 21.7. The van der Waals surface area contributed by atoms with E-state index in [-0.39, 0.29) is 5.91 Å². The average molecular weight is 450 g/mol. The van der Waals surface area contributed by atoms with Crippen LogP contribution in [-0.4, -0.2) is 29.2 Å². The quantitative estimate of drug-likeness (QED) is 0.361. The van der Waals surface area contributed by atoms with Gasteiger partial charge in [0.2, 0.25) is 0 Å². The summed E-state index contributed by atoms with van der Waals surface area (Å²) in [6.07, 6.45) is 0.790. The van der Waals surface area contributed by atoms with Crippen LogP contribution in [0.3, 0.4) is 0 Å². The van der Waals surface area contributed by atoms with Gasteiger partial charge in [0, 0.05) is 6.54 Å². The summed E-state index contributed by atoms with van der Waals surface area (Å²) in [5.74, 6) is 2.16. The lowest BCUT2D eigenvalue weighted by Gasteiger charge is -2.12. The number of amides is 1. The minimum atomic E-state index is -0.225. The molecule has 0 aliphatic rings. The molecule has 164 valence electrons. The summed E-state index contributed by atoms with van der Waals surface area (Å²) >= 11 is 6.15. The van der Waals surface area contributed by atoms with Crippen molar-refractivity contribution in [1.82, 2.24) is 14.9 Å². The predicted octanol–water partition coefficient (Wildman–Crippen LogP) is 5.10. The zero-order chi connectivity index (χ0) is 22.3. The zero-order valence-electron chi connectivity index (χ0n) is 17.8. The highest BCUT2D eigenvalue weighted by Gasteiger charge is 2.14. The van der Waals surface area contributed by atoms with Gasteiger partial charge in [0.15, 0.2) is 0 Å². The molecule has 7 heteroatoms. The molecule has 4 rings (SSSR count). The standard InChI is InChI=1S/C25H24ClN3O3/c1-31-18-11-13-19(14-12-18)32-16-6-15-29-23-10-5-4-9-22(23)28-24(29)17-27-25(30)20-7-2-3-8-21(20)26/h2-5,7-14H,6,15-17H2,1H3,(H,27,30). The highest BCUT2D eigenvalue weighted by atomic mass is 35.5. The van der Waals surface area contributed by atoms with E-state index in [4.69, 9.17) is 26.1 Å². The molecule has 6 nitrogen and oxygen atoms in total. The molecule has 0 aliphatic heterocycles. The number of methoxy groups -OCH3 is 1. The van der Waals surface area contributed by atoms with Gasteiger partial charge in [-0.3, -0.25) is 4.79 Å². The van der Waals surface area contributed by atoms with Gasteiger partial charge in [-0.15, -0.1) is 0 Å². The van der Waals surface area contributed by atoms with Crippen LogP contribution in [0.15, 0.2) is 72.8 Å². The predicted molar refractivity (Wildman–Crippen MR) is 125 cm³/mol. The summed E-state index contributed by atoms with van der Waals surface area (Å²) in [5, 5.41) is 3.36. The van der Waals surface area contributed by atoms with Crippen LogP contribution in [0, 0.1) is 0 Å². The van der Waals surface area contributed by atoms with E-state index in [0.29, 0.717) is 30.3 Å². The van der Waals surface area contributed by atoms with Gasteiger partial charge >= 0.3 is 0 Å². The Morgan fingerprint density at radius 1 is 1.00 bits per heavy atom. The van der Waals surface area contributed by atoms with Gasteiger partial charge in [0.05, 0.1) is 41.9 Å². The van der Waals surface area contributed by atoms with E-state index in [1.54, 1.807) is 31.4 Å². The molecule has 0 saturated carbocycles. The first-order valence-electron chi connectivity index (χ1n) is 10.4. The van der Waals surface area contributed by atoms with Gasteiger partial charge < -0.3 is 19.4 Å². The topological polar surface area (TPSA) is 65.4 Å². The number of aryl methyl sites for hydroxylation is 1. The van der Waals surface area contributed by atoms with E-state index < -0.39 is 0 Å². The number of aromatic nitrogens is 2. The van der Waals surface area contributed by atoms with E-state index in [9.17, 15) is 4.79 Å². The Kier molecular flexibility index (Phi) is 6.92. The molecule has 1 amide bonds. The van der Waals surface area contributed by atoms with Crippen molar-refractivity contribution in [2.24, 2.45) is 0 Å². The van der Waals surface area contributed by atoms with Crippen molar-refractivity contribution in [3.8, 4) is 11.5 Å². The van der Waals surface area contributed by atoms with E-state index in [2.05, 4.69) is 9.88 Å². The SMILES string of the molecule is COc1ccc(OCCCn2c(CNC(=O)c3ccccc3Cl)nc3ccccc32)cc1. The maximum Gasteiger partial charge on any atom is 0.253 e. The van der Waals surface area contributed by atoms with Crippen LogP contribution < -0.4 is 14.8 Å². The maximum atomic E-state index is 12.6. The molecule has 0 unspecified atom stereocenters. The number of nitrogens with zero attached hydrogens (tertiary/aromatic N) is 2. The highest BCUT2D eigenvalue weighted by molar-refractivity contribution is 6.33. The molecular formula is C25H24ClN3O3. The fourth-order valence-electron chi connectivity index (χ4n) is 3.49. The normalized spacial score (nSPS) is 10.8. The molecule has 1 aromatic heterocycles. The molecule has 0 bridgehead atoms. The number of hydrogen-bond donors (Lipinski definition) is 1. The number of benzene rings is 3. The molecule has 3 aromatic carbocycles. The van der Waals surface area contributed by atoms with E-state index >= 15 is 0 Å². The van der Waals surface area contributed by atoms with Crippen molar-refractivity contribution in [3.63, 3.8) is 0 Å². The molecule has 0 aliphatic carbocycles. The van der Waals surface area contributed by atoms with Crippen LogP contribution >= 0.6 is 11.6 Å². The Morgan fingerprint density at radius 3 is 2.50 bits per heavy atom. The summed E-state index contributed by atoms with van der Waals surface area (Å²) in [5.41, 5.74) is 2.37. The molecule has 0 saturated heterocycles. The van der Waals surface area contributed by atoms with Crippen LogP contribution in [0.25, 0.3) is 11.0 Å².